The summed E-state index contributed by atoms with van der Waals surface area (Å²) >= 11 is 0. The number of hydrogen-bond acceptors (Lipinski definition) is 4. The molecule has 1 amide bonds. The summed E-state index contributed by atoms with van der Waals surface area (Å²) in [7, 11) is 0. The van der Waals surface area contributed by atoms with Gasteiger partial charge in [0.25, 0.3) is 11.7 Å². The lowest BCUT2D eigenvalue weighted by Crippen LogP contribution is -2.31. The molecule has 0 spiro atoms. The molecule has 0 radical (unpaired) electrons. The van der Waals surface area contributed by atoms with E-state index in [1.54, 1.807) is 11.0 Å². The number of hydrogen-bond donors (Lipinski definition) is 1. The molecule has 3 aromatic rings. The van der Waals surface area contributed by atoms with Gasteiger partial charge in [-0.25, -0.2) is 0 Å². The number of benzene rings is 3. The highest BCUT2D eigenvalue weighted by Gasteiger charge is 2.45. The number of Topliss-reactive ketones (excluding diaryl/α,β-unsaturated/α-hetero) is 1. The van der Waals surface area contributed by atoms with E-state index in [1.165, 1.54) is 0 Å². The zero-order chi connectivity index (χ0) is 23.8. The van der Waals surface area contributed by atoms with Crippen LogP contribution in [0.5, 0.6) is 5.75 Å². The van der Waals surface area contributed by atoms with Crippen molar-refractivity contribution in [1.82, 2.24) is 4.90 Å². The van der Waals surface area contributed by atoms with Crippen molar-refractivity contribution in [2.45, 2.75) is 38.8 Å². The molecule has 0 aromatic heterocycles. The van der Waals surface area contributed by atoms with E-state index < -0.39 is 17.7 Å². The van der Waals surface area contributed by atoms with Crippen molar-refractivity contribution in [1.29, 1.82) is 0 Å². The molecule has 2 atom stereocenters. The van der Waals surface area contributed by atoms with Crippen molar-refractivity contribution < 1.29 is 19.4 Å². The summed E-state index contributed by atoms with van der Waals surface area (Å²) < 4.78 is 5.77. The van der Waals surface area contributed by atoms with Crippen LogP contribution in [0.4, 0.5) is 0 Å². The van der Waals surface area contributed by atoms with Gasteiger partial charge in [-0.2, -0.15) is 0 Å². The number of rotatable bonds is 5. The number of ketones is 1. The van der Waals surface area contributed by atoms with Crippen LogP contribution in [0.3, 0.4) is 0 Å². The van der Waals surface area contributed by atoms with Crippen LogP contribution < -0.4 is 4.74 Å². The van der Waals surface area contributed by atoms with Gasteiger partial charge in [-0.3, -0.25) is 9.59 Å². The summed E-state index contributed by atoms with van der Waals surface area (Å²) in [5, 5.41) is 11.3. The molecule has 2 heterocycles. The topological polar surface area (TPSA) is 66.8 Å². The fraction of sp³-hybridized carbons (Fsp3) is 0.241. The van der Waals surface area contributed by atoms with Gasteiger partial charge in [-0.15, -0.1) is 0 Å². The van der Waals surface area contributed by atoms with Crippen LogP contribution in [0.15, 0.2) is 78.4 Å². The number of fused-ring (bicyclic) bond motifs is 1. The molecule has 34 heavy (non-hydrogen) atoms. The summed E-state index contributed by atoms with van der Waals surface area (Å²) in [4.78, 5) is 28.0. The number of amides is 1. The van der Waals surface area contributed by atoms with Gasteiger partial charge in [0.1, 0.15) is 17.6 Å². The van der Waals surface area contributed by atoms with Gasteiger partial charge in [0.15, 0.2) is 0 Å². The zero-order valence-corrected chi connectivity index (χ0v) is 19.3. The fourth-order valence-corrected chi connectivity index (χ4v) is 4.83. The first-order valence-electron chi connectivity index (χ1n) is 11.6. The van der Waals surface area contributed by atoms with E-state index in [-0.39, 0.29) is 17.4 Å². The molecule has 1 fully saturated rings. The third kappa shape index (κ3) is 3.98. The second-order valence-electron chi connectivity index (χ2n) is 9.09. The minimum Gasteiger partial charge on any atom is -0.507 e. The average Bonchev–Trinajstić information content (AvgIpc) is 3.34. The highest BCUT2D eigenvalue weighted by atomic mass is 16.5. The molecule has 3 aromatic carbocycles. The van der Waals surface area contributed by atoms with E-state index in [2.05, 4.69) is 0 Å². The lowest BCUT2D eigenvalue weighted by molar-refractivity contribution is -0.139. The molecule has 1 saturated heterocycles. The van der Waals surface area contributed by atoms with Gasteiger partial charge >= 0.3 is 0 Å². The number of aryl methyl sites for hydroxylation is 1. The van der Waals surface area contributed by atoms with Crippen LogP contribution in [0.1, 0.15) is 40.8 Å². The van der Waals surface area contributed by atoms with E-state index in [9.17, 15) is 14.7 Å². The van der Waals surface area contributed by atoms with Crippen LogP contribution in [-0.2, 0) is 22.4 Å². The Morgan fingerprint density at radius 1 is 1.03 bits per heavy atom. The van der Waals surface area contributed by atoms with Gasteiger partial charge in [-0.05, 0) is 55.2 Å². The molecule has 1 N–H and O–H groups in total. The Bertz CT molecular complexity index is 1280. The molecular weight excluding hydrogens is 426 g/mol. The Labute approximate surface area is 199 Å². The number of carbonyl (C=O) groups excluding carboxylic acids is 2. The monoisotopic (exact) mass is 453 g/mol. The van der Waals surface area contributed by atoms with Crippen LogP contribution in [-0.4, -0.2) is 34.3 Å². The summed E-state index contributed by atoms with van der Waals surface area (Å²) in [6.07, 6.45) is 1.43. The van der Waals surface area contributed by atoms with Crippen molar-refractivity contribution in [3.8, 4) is 5.75 Å². The van der Waals surface area contributed by atoms with Gasteiger partial charge < -0.3 is 14.7 Å². The van der Waals surface area contributed by atoms with E-state index in [0.717, 1.165) is 34.4 Å². The molecule has 5 rings (SSSR count). The number of ether oxygens (including phenoxy) is 1. The average molecular weight is 454 g/mol. The summed E-state index contributed by atoms with van der Waals surface area (Å²) in [6, 6.07) is 22.4. The van der Waals surface area contributed by atoms with E-state index in [0.29, 0.717) is 18.5 Å². The number of aliphatic hydroxyl groups is 1. The molecule has 172 valence electrons. The van der Waals surface area contributed by atoms with Gasteiger partial charge in [0.05, 0.1) is 11.6 Å². The Morgan fingerprint density at radius 3 is 2.50 bits per heavy atom. The maximum Gasteiger partial charge on any atom is 0.295 e. The highest BCUT2D eigenvalue weighted by Crippen LogP contribution is 2.40. The summed E-state index contributed by atoms with van der Waals surface area (Å²) in [6.45, 7) is 4.36. The molecular formula is C29H27NO4. The largest absolute Gasteiger partial charge is 0.507 e. The van der Waals surface area contributed by atoms with E-state index in [1.807, 2.05) is 80.6 Å². The second kappa shape index (κ2) is 8.82. The molecule has 0 unspecified atom stereocenters. The highest BCUT2D eigenvalue weighted by molar-refractivity contribution is 6.46. The first kappa shape index (κ1) is 22.0. The standard InChI is InChI=1S/C29H27NO4/c1-18-8-10-21(11-9-18)26-25(27(31)22-12-13-24-23(17-22)16-19(2)34-24)28(32)29(33)30(26)15-14-20-6-4-3-5-7-20/h3-13,17,19,26,31H,14-16H2,1-2H3/t19-,26+/m1/s1. The number of carbonyl (C=O) groups is 2. The number of likely N-dealkylation sites (tertiary alicyclic amines) is 1. The lowest BCUT2D eigenvalue weighted by Gasteiger charge is -2.25. The van der Waals surface area contributed by atoms with Crippen LogP contribution in [0, 0.1) is 6.92 Å². The predicted molar refractivity (Wildman–Crippen MR) is 131 cm³/mol. The quantitative estimate of drug-likeness (QED) is 0.336. The zero-order valence-electron chi connectivity index (χ0n) is 19.3. The van der Waals surface area contributed by atoms with Crippen molar-refractivity contribution >= 4 is 17.4 Å². The van der Waals surface area contributed by atoms with E-state index >= 15 is 0 Å². The smallest absolute Gasteiger partial charge is 0.295 e. The molecule has 0 bridgehead atoms. The van der Waals surface area contributed by atoms with Crippen LogP contribution in [0.2, 0.25) is 0 Å². The SMILES string of the molecule is Cc1ccc([C@H]2C(=C(O)c3ccc4c(c3)C[C@@H](C)O4)C(=O)C(=O)N2CCc2ccccc2)cc1. The normalized spacial score (nSPS) is 20.9. The van der Waals surface area contributed by atoms with Crippen LogP contribution >= 0.6 is 0 Å². The fourth-order valence-electron chi connectivity index (χ4n) is 4.83. The van der Waals surface area contributed by atoms with Crippen molar-refractivity contribution in [2.75, 3.05) is 6.54 Å². The number of nitrogens with zero attached hydrogens (tertiary/aromatic N) is 1. The third-order valence-electron chi connectivity index (χ3n) is 6.59. The minimum absolute atomic E-state index is 0.0727. The minimum atomic E-state index is -0.652. The Morgan fingerprint density at radius 2 is 1.76 bits per heavy atom. The first-order chi connectivity index (χ1) is 16.4. The lowest BCUT2D eigenvalue weighted by atomic mass is 9.94. The van der Waals surface area contributed by atoms with Crippen molar-refractivity contribution in [2.24, 2.45) is 0 Å². The van der Waals surface area contributed by atoms with Crippen molar-refractivity contribution in [3.05, 3.63) is 106 Å². The summed E-state index contributed by atoms with van der Waals surface area (Å²) in [5.74, 6) is -0.585. The van der Waals surface area contributed by atoms with Crippen molar-refractivity contribution in [3.63, 3.8) is 0 Å². The Kier molecular flexibility index (Phi) is 5.70. The molecule has 5 nitrogen and oxygen atoms in total. The van der Waals surface area contributed by atoms with Crippen LogP contribution in [0.25, 0.3) is 5.76 Å². The first-order valence-corrected chi connectivity index (χ1v) is 11.6. The maximum atomic E-state index is 13.2. The third-order valence-corrected chi connectivity index (χ3v) is 6.59. The predicted octanol–water partition coefficient (Wildman–Crippen LogP) is 4.98. The van der Waals surface area contributed by atoms with Gasteiger partial charge in [0.2, 0.25) is 0 Å². The molecule has 0 aliphatic carbocycles. The maximum absolute atomic E-state index is 13.2. The molecule has 5 heteroatoms. The summed E-state index contributed by atoms with van der Waals surface area (Å²) in [5.41, 5.74) is 4.61. The Balaban J connectivity index is 1.57. The Hall–Kier alpha value is -3.86. The second-order valence-corrected chi connectivity index (χ2v) is 9.09. The molecule has 2 aliphatic heterocycles. The molecule has 2 aliphatic rings. The van der Waals surface area contributed by atoms with E-state index in [4.69, 9.17) is 4.74 Å². The van der Waals surface area contributed by atoms with Gasteiger partial charge in [0, 0.05) is 18.5 Å². The number of aliphatic hydroxyl groups excluding tert-OH is 1. The molecule has 0 saturated carbocycles. The van der Waals surface area contributed by atoms with Gasteiger partial charge in [-0.1, -0.05) is 60.2 Å².